The highest BCUT2D eigenvalue weighted by Crippen LogP contribution is 2.34. The van der Waals surface area contributed by atoms with Crippen LogP contribution in [-0.4, -0.2) is 55.1 Å². The van der Waals surface area contributed by atoms with E-state index in [1.165, 1.54) is 0 Å². The molecule has 0 radical (unpaired) electrons. The van der Waals surface area contributed by atoms with Gasteiger partial charge in [0.1, 0.15) is 6.54 Å². The van der Waals surface area contributed by atoms with Gasteiger partial charge < -0.3 is 5.32 Å². The van der Waals surface area contributed by atoms with Crippen molar-refractivity contribution in [1.82, 2.24) is 10.2 Å². The summed E-state index contributed by atoms with van der Waals surface area (Å²) in [6.07, 6.45) is 5.23. The van der Waals surface area contributed by atoms with E-state index in [9.17, 15) is 22.8 Å². The fourth-order valence-electron chi connectivity index (χ4n) is 3.35. The Morgan fingerprint density at radius 1 is 1.18 bits per heavy atom. The summed E-state index contributed by atoms with van der Waals surface area (Å²) in [5, 5.41) is 2.60. The highest BCUT2D eigenvalue weighted by molar-refractivity contribution is 7.91. The van der Waals surface area contributed by atoms with Gasteiger partial charge in [0.05, 0.1) is 23.3 Å². The molecule has 0 unspecified atom stereocenters. The molecule has 0 aromatic rings. The monoisotopic (exact) mass is 326 g/mol. The fourth-order valence-corrected chi connectivity index (χ4v) is 5.02. The maximum Gasteiger partial charge on any atom is 0.240 e. The third-order valence-electron chi connectivity index (χ3n) is 4.50. The number of carbonyl (C=O) groups is 3. The molecule has 3 amide bonds. The molecular weight excluding hydrogens is 308 g/mol. The van der Waals surface area contributed by atoms with Gasteiger partial charge in [-0.15, -0.1) is 0 Å². The number of nitrogens with one attached hydrogen (secondary N) is 1. The molecule has 1 N–H and O–H groups in total. The predicted octanol–water partition coefficient (Wildman–Crippen LogP) is -0.759. The highest BCUT2D eigenvalue weighted by Gasteiger charge is 2.47. The summed E-state index contributed by atoms with van der Waals surface area (Å²) in [7, 11) is -3.08. The molecule has 22 heavy (non-hydrogen) atoms. The van der Waals surface area contributed by atoms with E-state index in [1.807, 2.05) is 12.2 Å². The van der Waals surface area contributed by atoms with Crippen LogP contribution in [-0.2, 0) is 24.2 Å². The Kier molecular flexibility index (Phi) is 3.80. The average molecular weight is 326 g/mol. The molecule has 120 valence electrons. The Morgan fingerprint density at radius 3 is 2.27 bits per heavy atom. The van der Waals surface area contributed by atoms with Crippen LogP contribution < -0.4 is 5.32 Å². The van der Waals surface area contributed by atoms with Crippen molar-refractivity contribution in [2.75, 3.05) is 18.1 Å². The van der Waals surface area contributed by atoms with E-state index in [-0.39, 0.29) is 41.7 Å². The smallest absolute Gasteiger partial charge is 0.240 e. The summed E-state index contributed by atoms with van der Waals surface area (Å²) in [5.41, 5.74) is 0. The molecule has 7 nitrogen and oxygen atoms in total. The van der Waals surface area contributed by atoms with E-state index < -0.39 is 21.8 Å². The minimum Gasteiger partial charge on any atom is -0.351 e. The Hall–Kier alpha value is -1.70. The molecular formula is C14H18N2O5S. The topological polar surface area (TPSA) is 101 Å². The summed E-state index contributed by atoms with van der Waals surface area (Å²) in [6, 6.07) is -0.422. The maximum absolute atomic E-state index is 12.2. The molecule has 3 rings (SSSR count). The standard InChI is InChI=1S/C14H18N2O5S/c17-12(15-9-5-6-22(20,21)8-9)7-16-13(18)10-3-1-2-4-11(10)14(16)19/h1-2,9-11H,3-8H2,(H,15,17)/t9-,10+,11+/m1/s1. The lowest BCUT2D eigenvalue weighted by molar-refractivity contribution is -0.143. The molecule has 2 fully saturated rings. The van der Waals surface area contributed by atoms with Crippen LogP contribution in [0.15, 0.2) is 12.2 Å². The molecule has 2 aliphatic heterocycles. The molecule has 0 spiro atoms. The third-order valence-corrected chi connectivity index (χ3v) is 6.27. The first kappa shape index (κ1) is 15.2. The zero-order chi connectivity index (χ0) is 15.9. The number of sulfone groups is 1. The van der Waals surface area contributed by atoms with E-state index in [1.54, 1.807) is 0 Å². The number of imide groups is 1. The largest absolute Gasteiger partial charge is 0.351 e. The number of hydrogen-bond donors (Lipinski definition) is 1. The summed E-state index contributed by atoms with van der Waals surface area (Å²) in [4.78, 5) is 37.5. The Bertz CT molecular complexity index is 628. The molecule has 1 aliphatic carbocycles. The SMILES string of the molecule is O=C(CN1C(=O)[C@H]2CC=CC[C@@H]2C1=O)N[C@@H]1CCS(=O)(=O)C1. The number of rotatable bonds is 3. The normalized spacial score (nSPS) is 33.1. The van der Waals surface area contributed by atoms with E-state index in [0.29, 0.717) is 19.3 Å². The summed E-state index contributed by atoms with van der Waals surface area (Å²) in [6.45, 7) is -0.318. The number of allylic oxidation sites excluding steroid dienone is 2. The first-order valence-corrected chi connectivity index (χ1v) is 9.19. The molecule has 0 aromatic carbocycles. The minimum absolute atomic E-state index is 0.0648. The lowest BCUT2D eigenvalue weighted by Crippen LogP contribution is -2.44. The van der Waals surface area contributed by atoms with Crippen LogP contribution in [0, 0.1) is 11.8 Å². The van der Waals surface area contributed by atoms with Gasteiger partial charge in [-0.05, 0) is 19.3 Å². The van der Waals surface area contributed by atoms with Gasteiger partial charge >= 0.3 is 0 Å². The summed E-state index contributed by atoms with van der Waals surface area (Å²) in [5.74, 6) is -1.78. The Balaban J connectivity index is 1.60. The van der Waals surface area contributed by atoms with Crippen molar-refractivity contribution in [3.8, 4) is 0 Å². The van der Waals surface area contributed by atoms with E-state index >= 15 is 0 Å². The van der Waals surface area contributed by atoms with E-state index in [4.69, 9.17) is 0 Å². The number of fused-ring (bicyclic) bond motifs is 1. The molecule has 2 heterocycles. The van der Waals surface area contributed by atoms with Crippen molar-refractivity contribution in [3.63, 3.8) is 0 Å². The number of likely N-dealkylation sites (tertiary alicyclic amines) is 1. The van der Waals surface area contributed by atoms with Crippen LogP contribution in [0.2, 0.25) is 0 Å². The number of carbonyl (C=O) groups excluding carboxylic acids is 3. The third kappa shape index (κ3) is 2.79. The summed E-state index contributed by atoms with van der Waals surface area (Å²) < 4.78 is 22.7. The first-order chi connectivity index (χ1) is 10.4. The van der Waals surface area contributed by atoms with Crippen molar-refractivity contribution in [1.29, 1.82) is 0 Å². The van der Waals surface area contributed by atoms with Crippen LogP contribution in [0.5, 0.6) is 0 Å². The second-order valence-electron chi connectivity index (χ2n) is 6.09. The first-order valence-electron chi connectivity index (χ1n) is 7.37. The van der Waals surface area contributed by atoms with Crippen LogP contribution in [0.3, 0.4) is 0 Å². The number of hydrogen-bond acceptors (Lipinski definition) is 5. The van der Waals surface area contributed by atoms with Gasteiger partial charge in [0.2, 0.25) is 17.7 Å². The molecule has 0 aromatic heterocycles. The van der Waals surface area contributed by atoms with Gasteiger partial charge in [-0.2, -0.15) is 0 Å². The van der Waals surface area contributed by atoms with Gasteiger partial charge in [0.15, 0.2) is 9.84 Å². The van der Waals surface area contributed by atoms with Gasteiger partial charge in [-0.1, -0.05) is 12.2 Å². The van der Waals surface area contributed by atoms with Crippen LogP contribution in [0.1, 0.15) is 19.3 Å². The van der Waals surface area contributed by atoms with Crippen LogP contribution in [0.4, 0.5) is 0 Å². The number of nitrogens with zero attached hydrogens (tertiary/aromatic N) is 1. The van der Waals surface area contributed by atoms with Crippen molar-refractivity contribution in [3.05, 3.63) is 12.2 Å². The van der Waals surface area contributed by atoms with Crippen molar-refractivity contribution in [2.45, 2.75) is 25.3 Å². The minimum atomic E-state index is -3.08. The zero-order valence-corrected chi connectivity index (χ0v) is 12.8. The molecule has 3 aliphatic rings. The highest BCUT2D eigenvalue weighted by atomic mass is 32.2. The second kappa shape index (κ2) is 5.49. The lowest BCUT2D eigenvalue weighted by atomic mass is 9.85. The Labute approximate surface area is 128 Å². The van der Waals surface area contributed by atoms with E-state index in [2.05, 4.69) is 5.32 Å². The fraction of sp³-hybridized carbons (Fsp3) is 0.643. The van der Waals surface area contributed by atoms with Crippen molar-refractivity contribution < 1.29 is 22.8 Å². The lowest BCUT2D eigenvalue weighted by Gasteiger charge is -2.16. The predicted molar refractivity (Wildman–Crippen MR) is 77.3 cm³/mol. The molecule has 2 saturated heterocycles. The van der Waals surface area contributed by atoms with Gasteiger partial charge in [-0.3, -0.25) is 19.3 Å². The van der Waals surface area contributed by atoms with Crippen LogP contribution in [0.25, 0.3) is 0 Å². The number of amides is 3. The second-order valence-corrected chi connectivity index (χ2v) is 8.31. The molecule has 8 heteroatoms. The van der Waals surface area contributed by atoms with Gasteiger partial charge in [0, 0.05) is 6.04 Å². The van der Waals surface area contributed by atoms with Gasteiger partial charge in [0.25, 0.3) is 0 Å². The maximum atomic E-state index is 12.2. The zero-order valence-electron chi connectivity index (χ0n) is 12.0. The van der Waals surface area contributed by atoms with Crippen molar-refractivity contribution in [2.24, 2.45) is 11.8 Å². The van der Waals surface area contributed by atoms with E-state index in [0.717, 1.165) is 4.90 Å². The molecule has 3 atom stereocenters. The van der Waals surface area contributed by atoms with Crippen LogP contribution >= 0.6 is 0 Å². The molecule has 0 saturated carbocycles. The average Bonchev–Trinajstić information content (AvgIpc) is 2.92. The quantitative estimate of drug-likeness (QED) is 0.543. The van der Waals surface area contributed by atoms with Crippen molar-refractivity contribution >= 4 is 27.6 Å². The molecule has 0 bridgehead atoms. The summed E-state index contributed by atoms with van der Waals surface area (Å²) >= 11 is 0. The van der Waals surface area contributed by atoms with Gasteiger partial charge in [-0.25, -0.2) is 8.42 Å². The Morgan fingerprint density at radius 2 is 1.77 bits per heavy atom.